The quantitative estimate of drug-likeness (QED) is 0.791. The topological polar surface area (TPSA) is 88.8 Å². The smallest absolute Gasteiger partial charge is 0.244 e. The van der Waals surface area contributed by atoms with Crippen molar-refractivity contribution >= 4 is 21.6 Å². The fraction of sp³-hybridized carbons (Fsp3) is 0.333. The summed E-state index contributed by atoms with van der Waals surface area (Å²) in [6, 6.07) is 7.71. The van der Waals surface area contributed by atoms with Gasteiger partial charge in [0.05, 0.1) is 19.0 Å². The van der Waals surface area contributed by atoms with Crippen LogP contribution in [0.3, 0.4) is 0 Å². The van der Waals surface area contributed by atoms with Gasteiger partial charge < -0.3 is 14.3 Å². The molecule has 126 valence electrons. The Kier molecular flexibility index (Phi) is 5.36. The number of rotatable bonds is 7. The van der Waals surface area contributed by atoms with E-state index in [1.807, 2.05) is 0 Å². The van der Waals surface area contributed by atoms with Crippen LogP contribution in [-0.4, -0.2) is 32.8 Å². The fourth-order valence-electron chi connectivity index (χ4n) is 2.04. The highest BCUT2D eigenvalue weighted by Crippen LogP contribution is 2.27. The van der Waals surface area contributed by atoms with Crippen molar-refractivity contribution in [3.63, 3.8) is 0 Å². The van der Waals surface area contributed by atoms with Gasteiger partial charge in [0, 0.05) is 18.0 Å². The van der Waals surface area contributed by atoms with Gasteiger partial charge in [0.1, 0.15) is 16.4 Å². The Labute approximate surface area is 140 Å². The Hall–Kier alpha value is -1.54. The van der Waals surface area contributed by atoms with E-state index in [4.69, 9.17) is 20.8 Å². The Bertz CT molecular complexity index is 756. The Balaban J connectivity index is 2.14. The molecule has 2 aromatic rings. The van der Waals surface area contributed by atoms with Crippen LogP contribution in [0.15, 0.2) is 45.9 Å². The van der Waals surface area contributed by atoms with Gasteiger partial charge in [-0.15, -0.1) is 0 Å². The van der Waals surface area contributed by atoms with Gasteiger partial charge in [-0.05, 0) is 37.3 Å². The molecule has 0 radical (unpaired) electrons. The van der Waals surface area contributed by atoms with Crippen molar-refractivity contribution in [3.05, 3.63) is 47.4 Å². The number of aliphatic hydroxyl groups is 1. The molecule has 1 aromatic heterocycles. The number of sulfonamides is 1. The number of ether oxygens (including phenoxy) is 1. The van der Waals surface area contributed by atoms with Crippen LogP contribution >= 0.6 is 11.6 Å². The van der Waals surface area contributed by atoms with Gasteiger partial charge in [-0.2, -0.15) is 0 Å². The van der Waals surface area contributed by atoms with Crippen LogP contribution in [0.1, 0.15) is 12.7 Å². The summed E-state index contributed by atoms with van der Waals surface area (Å²) in [4.78, 5) is -0.0821. The third kappa shape index (κ3) is 4.71. The molecule has 1 aromatic carbocycles. The second-order valence-electron chi connectivity index (χ2n) is 5.37. The summed E-state index contributed by atoms with van der Waals surface area (Å²) in [6.45, 7) is 1.33. The molecule has 8 heteroatoms. The van der Waals surface area contributed by atoms with Gasteiger partial charge in [-0.3, -0.25) is 0 Å². The molecule has 0 saturated heterocycles. The standard InChI is InChI=1S/C15H18ClNO5S/c1-15(18,9-12-4-3-7-22-12)10-17-23(19,20)14-8-11(16)5-6-13(14)21-2/h3-8,17-18H,9-10H2,1-2H3. The normalized spacial score (nSPS) is 14.4. The van der Waals surface area contributed by atoms with E-state index in [0.717, 1.165) is 0 Å². The number of hydrogen-bond acceptors (Lipinski definition) is 5. The van der Waals surface area contributed by atoms with Crippen LogP contribution in [0.25, 0.3) is 0 Å². The maximum Gasteiger partial charge on any atom is 0.244 e. The molecule has 0 aliphatic carbocycles. The molecular weight excluding hydrogens is 342 g/mol. The molecule has 1 unspecified atom stereocenters. The van der Waals surface area contributed by atoms with Gasteiger partial charge in [-0.1, -0.05) is 11.6 Å². The SMILES string of the molecule is COc1ccc(Cl)cc1S(=O)(=O)NCC(C)(O)Cc1ccco1. The molecule has 2 rings (SSSR count). The van der Waals surface area contributed by atoms with Crippen molar-refractivity contribution in [2.75, 3.05) is 13.7 Å². The van der Waals surface area contributed by atoms with E-state index in [1.54, 1.807) is 12.1 Å². The van der Waals surface area contributed by atoms with Crippen LogP contribution in [0, 0.1) is 0 Å². The van der Waals surface area contributed by atoms with Gasteiger partial charge in [0.15, 0.2) is 0 Å². The molecule has 0 fully saturated rings. The van der Waals surface area contributed by atoms with Gasteiger partial charge in [0.25, 0.3) is 0 Å². The van der Waals surface area contributed by atoms with Crippen LogP contribution in [0.5, 0.6) is 5.75 Å². The molecular formula is C15H18ClNO5S. The number of benzene rings is 1. The van der Waals surface area contributed by atoms with E-state index in [-0.39, 0.29) is 28.6 Å². The van der Waals surface area contributed by atoms with E-state index >= 15 is 0 Å². The summed E-state index contributed by atoms with van der Waals surface area (Å²) in [7, 11) is -2.52. The Morgan fingerprint density at radius 2 is 2.13 bits per heavy atom. The first kappa shape index (κ1) is 17.8. The molecule has 2 N–H and O–H groups in total. The van der Waals surface area contributed by atoms with Crippen LogP contribution in [-0.2, 0) is 16.4 Å². The first-order valence-corrected chi connectivity index (χ1v) is 8.68. The Morgan fingerprint density at radius 1 is 1.39 bits per heavy atom. The van der Waals surface area contributed by atoms with Crippen LogP contribution in [0.4, 0.5) is 0 Å². The number of furan rings is 1. The third-order valence-electron chi connectivity index (χ3n) is 3.19. The van der Waals surface area contributed by atoms with Gasteiger partial charge in [-0.25, -0.2) is 13.1 Å². The highest BCUT2D eigenvalue weighted by Gasteiger charge is 2.27. The largest absolute Gasteiger partial charge is 0.495 e. The summed E-state index contributed by atoms with van der Waals surface area (Å²) >= 11 is 5.86. The maximum absolute atomic E-state index is 12.4. The van der Waals surface area contributed by atoms with Crippen molar-refractivity contribution < 1.29 is 22.7 Å². The van der Waals surface area contributed by atoms with Gasteiger partial charge >= 0.3 is 0 Å². The van der Waals surface area contributed by atoms with Crippen LogP contribution in [0.2, 0.25) is 5.02 Å². The van der Waals surface area contributed by atoms with E-state index in [0.29, 0.717) is 5.76 Å². The second kappa shape index (κ2) is 6.92. The zero-order valence-electron chi connectivity index (χ0n) is 12.7. The lowest BCUT2D eigenvalue weighted by atomic mass is 10.0. The maximum atomic E-state index is 12.4. The predicted molar refractivity (Wildman–Crippen MR) is 86.2 cm³/mol. The summed E-state index contributed by atoms with van der Waals surface area (Å²) < 4.78 is 37.4. The van der Waals surface area contributed by atoms with Crippen molar-refractivity contribution in [2.24, 2.45) is 0 Å². The van der Waals surface area contributed by atoms with Crippen molar-refractivity contribution in [2.45, 2.75) is 23.8 Å². The number of halogens is 1. The first-order valence-electron chi connectivity index (χ1n) is 6.81. The van der Waals surface area contributed by atoms with E-state index in [2.05, 4.69) is 4.72 Å². The molecule has 0 aliphatic rings. The lowest BCUT2D eigenvalue weighted by Crippen LogP contribution is -2.42. The lowest BCUT2D eigenvalue weighted by Gasteiger charge is -2.22. The zero-order valence-corrected chi connectivity index (χ0v) is 14.3. The van der Waals surface area contributed by atoms with E-state index in [1.165, 1.54) is 38.5 Å². The molecule has 0 amide bonds. The van der Waals surface area contributed by atoms with E-state index in [9.17, 15) is 13.5 Å². The average molecular weight is 360 g/mol. The molecule has 1 atom stereocenters. The molecule has 0 spiro atoms. The van der Waals surface area contributed by atoms with Crippen molar-refractivity contribution in [1.29, 1.82) is 0 Å². The molecule has 0 aliphatic heterocycles. The summed E-state index contributed by atoms with van der Waals surface area (Å²) in [5.41, 5.74) is -1.31. The molecule has 0 saturated carbocycles. The summed E-state index contributed by atoms with van der Waals surface area (Å²) in [6.07, 6.45) is 1.67. The number of hydrogen-bond donors (Lipinski definition) is 2. The molecule has 1 heterocycles. The predicted octanol–water partition coefficient (Wildman–Crippen LogP) is 2.21. The highest BCUT2D eigenvalue weighted by molar-refractivity contribution is 7.89. The number of nitrogens with one attached hydrogen (secondary N) is 1. The van der Waals surface area contributed by atoms with Crippen molar-refractivity contribution in [3.8, 4) is 5.75 Å². The monoisotopic (exact) mass is 359 g/mol. The summed E-state index contributed by atoms with van der Waals surface area (Å²) in [5.74, 6) is 0.738. The minimum atomic E-state index is -3.89. The molecule has 0 bridgehead atoms. The zero-order chi connectivity index (χ0) is 17.1. The second-order valence-corrected chi connectivity index (χ2v) is 7.54. The highest BCUT2D eigenvalue weighted by atomic mass is 35.5. The van der Waals surface area contributed by atoms with Gasteiger partial charge in [0.2, 0.25) is 10.0 Å². The summed E-state index contributed by atoms with van der Waals surface area (Å²) in [5, 5.41) is 10.6. The first-order chi connectivity index (χ1) is 10.7. The van der Waals surface area contributed by atoms with E-state index < -0.39 is 15.6 Å². The van der Waals surface area contributed by atoms with Crippen molar-refractivity contribution in [1.82, 2.24) is 4.72 Å². The fourth-order valence-corrected chi connectivity index (χ4v) is 3.63. The lowest BCUT2D eigenvalue weighted by molar-refractivity contribution is 0.0603. The van der Waals surface area contributed by atoms with Crippen LogP contribution < -0.4 is 9.46 Å². The number of methoxy groups -OCH3 is 1. The Morgan fingerprint density at radius 3 is 2.74 bits per heavy atom. The average Bonchev–Trinajstić information content (AvgIpc) is 2.97. The minimum Gasteiger partial charge on any atom is -0.495 e. The third-order valence-corrected chi connectivity index (χ3v) is 4.85. The molecule has 6 nitrogen and oxygen atoms in total. The minimum absolute atomic E-state index is 0.0821. The molecule has 23 heavy (non-hydrogen) atoms.